The molecule has 0 aliphatic carbocycles. The molecule has 2 aromatic heterocycles. The minimum atomic E-state index is -0.0924. The van der Waals surface area contributed by atoms with E-state index < -0.39 is 0 Å². The summed E-state index contributed by atoms with van der Waals surface area (Å²) in [6.45, 7) is 1.94. The summed E-state index contributed by atoms with van der Waals surface area (Å²) in [7, 11) is 0. The molecule has 0 saturated heterocycles. The smallest absolute Gasteiger partial charge is 0.234 e. The molecular weight excluding hydrogens is 472 g/mol. The maximum Gasteiger partial charge on any atom is 0.234 e. The van der Waals surface area contributed by atoms with Crippen LogP contribution in [0, 0.1) is 6.92 Å². The lowest BCUT2D eigenvalue weighted by molar-refractivity contribution is -0.113. The van der Waals surface area contributed by atoms with Gasteiger partial charge in [0, 0.05) is 21.1 Å². The van der Waals surface area contributed by atoms with Gasteiger partial charge in [-0.3, -0.25) is 4.79 Å². The summed E-state index contributed by atoms with van der Waals surface area (Å²) >= 11 is 6.42. The molecule has 0 spiro atoms. The van der Waals surface area contributed by atoms with E-state index in [4.69, 9.17) is 0 Å². The molecule has 2 heterocycles. The van der Waals surface area contributed by atoms with Gasteiger partial charge in [0.15, 0.2) is 0 Å². The number of anilines is 1. The molecule has 0 aliphatic rings. The number of aromatic nitrogens is 5. The lowest BCUT2D eigenvalue weighted by Gasteiger charge is -2.10. The second kappa shape index (κ2) is 8.85. The van der Waals surface area contributed by atoms with Gasteiger partial charge < -0.3 is 5.32 Å². The third-order valence-corrected chi connectivity index (χ3v) is 6.51. The number of carbonyl (C=O) groups excluding carboxylic acids is 1. The summed E-state index contributed by atoms with van der Waals surface area (Å²) in [5.41, 5.74) is 3.54. The van der Waals surface area contributed by atoms with Gasteiger partial charge in [0.25, 0.3) is 0 Å². The van der Waals surface area contributed by atoms with Gasteiger partial charge in [-0.1, -0.05) is 45.9 Å². The molecule has 2 aromatic carbocycles. The number of rotatable bonds is 6. The molecule has 0 saturated carbocycles. The van der Waals surface area contributed by atoms with Gasteiger partial charge in [-0.05, 0) is 47.2 Å². The first-order chi connectivity index (χ1) is 14.1. The molecule has 146 valence electrons. The second-order valence-corrected chi connectivity index (χ2v) is 8.86. The van der Waals surface area contributed by atoms with E-state index in [1.54, 1.807) is 16.0 Å². The van der Waals surface area contributed by atoms with E-state index in [0.29, 0.717) is 0 Å². The molecule has 0 aliphatic heterocycles. The standard InChI is InChI=1S/C19H15BrN6OS2/c1-12-2-7-15(26-11-21-24-25-26)8-16(12)22-17(27)9-28-18-10-29-19(23-18)13-3-5-14(20)6-4-13/h2-8,10-11H,9H2,1H3,(H,22,27). The van der Waals surface area contributed by atoms with Crippen molar-refractivity contribution in [3.63, 3.8) is 0 Å². The Morgan fingerprint density at radius 3 is 2.83 bits per heavy atom. The van der Waals surface area contributed by atoms with Crippen LogP contribution in [0.25, 0.3) is 16.3 Å². The molecule has 4 aromatic rings. The molecule has 0 bridgehead atoms. The second-order valence-electron chi connectivity index (χ2n) is 6.09. The molecule has 7 nitrogen and oxygen atoms in total. The molecule has 4 rings (SSSR count). The summed E-state index contributed by atoms with van der Waals surface area (Å²) in [6.07, 6.45) is 1.51. The predicted molar refractivity (Wildman–Crippen MR) is 118 cm³/mol. The molecule has 0 radical (unpaired) electrons. The highest BCUT2D eigenvalue weighted by Crippen LogP contribution is 2.29. The van der Waals surface area contributed by atoms with Crippen LogP contribution in [-0.2, 0) is 4.79 Å². The van der Waals surface area contributed by atoms with Gasteiger partial charge >= 0.3 is 0 Å². The lowest BCUT2D eigenvalue weighted by atomic mass is 10.2. The Balaban J connectivity index is 1.38. The number of hydrogen-bond donors (Lipinski definition) is 1. The van der Waals surface area contributed by atoms with E-state index in [1.807, 2.05) is 54.8 Å². The molecule has 0 atom stereocenters. The first-order valence-corrected chi connectivity index (χ1v) is 11.2. The average Bonchev–Trinajstić information content (AvgIpc) is 3.41. The number of nitrogens with one attached hydrogen (secondary N) is 1. The van der Waals surface area contributed by atoms with Crippen molar-refractivity contribution in [2.24, 2.45) is 0 Å². The zero-order valence-corrected chi connectivity index (χ0v) is 18.5. The average molecular weight is 487 g/mol. The molecule has 0 unspecified atom stereocenters. The van der Waals surface area contributed by atoms with Crippen LogP contribution in [0.2, 0.25) is 0 Å². The van der Waals surface area contributed by atoms with Crippen molar-refractivity contribution in [3.8, 4) is 16.3 Å². The van der Waals surface area contributed by atoms with E-state index in [0.717, 1.165) is 37.0 Å². The van der Waals surface area contributed by atoms with Gasteiger partial charge in [-0.25, -0.2) is 9.67 Å². The Morgan fingerprint density at radius 2 is 2.07 bits per heavy atom. The highest BCUT2D eigenvalue weighted by Gasteiger charge is 2.10. The van der Waals surface area contributed by atoms with E-state index in [2.05, 4.69) is 41.8 Å². The number of hydrogen-bond acceptors (Lipinski definition) is 7. The van der Waals surface area contributed by atoms with Crippen molar-refractivity contribution in [2.75, 3.05) is 11.1 Å². The van der Waals surface area contributed by atoms with Crippen LogP contribution in [0.1, 0.15) is 5.56 Å². The lowest BCUT2D eigenvalue weighted by Crippen LogP contribution is -2.15. The number of aryl methyl sites for hydroxylation is 1. The minimum absolute atomic E-state index is 0.0924. The van der Waals surface area contributed by atoms with Crippen LogP contribution in [0.3, 0.4) is 0 Å². The van der Waals surface area contributed by atoms with E-state index >= 15 is 0 Å². The molecule has 10 heteroatoms. The summed E-state index contributed by atoms with van der Waals surface area (Å²) in [5, 5.41) is 17.8. The maximum atomic E-state index is 12.4. The Bertz CT molecular complexity index is 1130. The molecule has 0 fully saturated rings. The zero-order chi connectivity index (χ0) is 20.2. The summed E-state index contributed by atoms with van der Waals surface area (Å²) in [4.78, 5) is 17.1. The normalized spacial score (nSPS) is 10.8. The SMILES string of the molecule is Cc1ccc(-n2cnnn2)cc1NC(=O)CSc1csc(-c2ccc(Br)cc2)n1. The van der Waals surface area contributed by atoms with Crippen molar-refractivity contribution >= 4 is 50.6 Å². The molecule has 1 N–H and O–H groups in total. The molecular formula is C19H15BrN6OS2. The summed E-state index contributed by atoms with van der Waals surface area (Å²) in [6, 6.07) is 13.7. The van der Waals surface area contributed by atoms with Crippen LogP contribution in [0.4, 0.5) is 5.69 Å². The van der Waals surface area contributed by atoms with Gasteiger partial charge in [-0.15, -0.1) is 16.4 Å². The van der Waals surface area contributed by atoms with Crippen LogP contribution in [0.15, 0.2) is 63.7 Å². The van der Waals surface area contributed by atoms with E-state index in [-0.39, 0.29) is 11.7 Å². The summed E-state index contributed by atoms with van der Waals surface area (Å²) < 4.78 is 2.58. The maximum absolute atomic E-state index is 12.4. The van der Waals surface area contributed by atoms with Crippen molar-refractivity contribution in [1.82, 2.24) is 25.2 Å². The van der Waals surface area contributed by atoms with Crippen LogP contribution < -0.4 is 5.32 Å². The minimum Gasteiger partial charge on any atom is -0.325 e. The van der Waals surface area contributed by atoms with Gasteiger partial charge in [-0.2, -0.15) is 0 Å². The highest BCUT2D eigenvalue weighted by atomic mass is 79.9. The first-order valence-electron chi connectivity index (χ1n) is 8.56. The van der Waals surface area contributed by atoms with Gasteiger partial charge in [0.1, 0.15) is 16.4 Å². The predicted octanol–water partition coefficient (Wildman–Crippen LogP) is 4.59. The number of halogens is 1. The third kappa shape index (κ3) is 4.89. The van der Waals surface area contributed by atoms with Crippen LogP contribution in [0.5, 0.6) is 0 Å². The van der Waals surface area contributed by atoms with Crippen molar-refractivity contribution in [1.29, 1.82) is 0 Å². The van der Waals surface area contributed by atoms with Gasteiger partial charge in [0.05, 0.1) is 11.4 Å². The number of benzene rings is 2. The fraction of sp³-hybridized carbons (Fsp3) is 0.105. The highest BCUT2D eigenvalue weighted by molar-refractivity contribution is 9.10. The van der Waals surface area contributed by atoms with Crippen LogP contribution in [-0.4, -0.2) is 36.9 Å². The Hall–Kier alpha value is -2.56. The number of tetrazole rings is 1. The fourth-order valence-corrected chi connectivity index (χ4v) is 4.48. The van der Waals surface area contributed by atoms with Crippen molar-refractivity contribution < 1.29 is 4.79 Å². The monoisotopic (exact) mass is 486 g/mol. The Labute approximate surface area is 183 Å². The molecule has 1 amide bonds. The van der Waals surface area contributed by atoms with Crippen molar-refractivity contribution in [2.45, 2.75) is 11.9 Å². The molecule has 29 heavy (non-hydrogen) atoms. The number of thiazole rings is 1. The van der Waals surface area contributed by atoms with E-state index in [9.17, 15) is 4.79 Å². The quantitative estimate of drug-likeness (QED) is 0.401. The Kier molecular flexibility index (Phi) is 6.02. The Morgan fingerprint density at radius 1 is 1.24 bits per heavy atom. The first kappa shape index (κ1) is 19.7. The zero-order valence-electron chi connectivity index (χ0n) is 15.2. The number of carbonyl (C=O) groups is 1. The third-order valence-electron chi connectivity index (χ3n) is 4.03. The van der Waals surface area contributed by atoms with Gasteiger partial charge in [0.2, 0.25) is 5.91 Å². The largest absolute Gasteiger partial charge is 0.325 e. The fourth-order valence-electron chi connectivity index (χ4n) is 2.54. The van der Waals surface area contributed by atoms with Crippen LogP contribution >= 0.6 is 39.0 Å². The topological polar surface area (TPSA) is 85.6 Å². The summed E-state index contributed by atoms with van der Waals surface area (Å²) in [5.74, 6) is 0.183. The van der Waals surface area contributed by atoms with E-state index in [1.165, 1.54) is 18.1 Å². The number of thioether (sulfide) groups is 1. The number of nitrogens with zero attached hydrogens (tertiary/aromatic N) is 5. The van der Waals surface area contributed by atoms with Crippen molar-refractivity contribution in [3.05, 3.63) is 64.2 Å². The number of amides is 1.